The van der Waals surface area contributed by atoms with E-state index in [1.165, 1.54) is 0 Å². The van der Waals surface area contributed by atoms with Gasteiger partial charge in [0.25, 0.3) is 0 Å². The molecule has 0 spiro atoms. The number of hydrogen-bond donors (Lipinski definition) is 1. The van der Waals surface area contributed by atoms with Crippen LogP contribution in [0.15, 0.2) is 24.3 Å². The van der Waals surface area contributed by atoms with Gasteiger partial charge in [-0.3, -0.25) is 4.79 Å². The van der Waals surface area contributed by atoms with Crippen LogP contribution in [0.3, 0.4) is 0 Å². The zero-order valence-corrected chi connectivity index (χ0v) is 9.77. The minimum absolute atomic E-state index is 0.0102. The Labute approximate surface area is 96.1 Å². The van der Waals surface area contributed by atoms with Crippen molar-refractivity contribution < 1.29 is 14.6 Å². The Morgan fingerprint density at radius 2 is 1.94 bits per heavy atom. The summed E-state index contributed by atoms with van der Waals surface area (Å²) in [7, 11) is 0. The summed E-state index contributed by atoms with van der Waals surface area (Å²) >= 11 is 0. The van der Waals surface area contributed by atoms with Crippen molar-refractivity contribution in [3.8, 4) is 5.75 Å². The maximum Gasteiger partial charge on any atom is 0.307 e. The average Bonchev–Trinajstić information content (AvgIpc) is 2.27. The fourth-order valence-corrected chi connectivity index (χ4v) is 1.56. The van der Waals surface area contributed by atoms with Crippen molar-refractivity contribution in [1.29, 1.82) is 0 Å². The first-order valence-electron chi connectivity index (χ1n) is 5.63. The van der Waals surface area contributed by atoms with E-state index in [0.29, 0.717) is 5.75 Å². The molecule has 0 aromatic heterocycles. The summed E-state index contributed by atoms with van der Waals surface area (Å²) in [5.41, 5.74) is 0.738. The van der Waals surface area contributed by atoms with Gasteiger partial charge in [0.05, 0.1) is 12.5 Å². The van der Waals surface area contributed by atoms with Crippen molar-refractivity contribution in [2.45, 2.75) is 39.2 Å². The fraction of sp³-hybridized carbons (Fsp3) is 0.462. The number of benzene rings is 1. The van der Waals surface area contributed by atoms with Gasteiger partial charge in [-0.1, -0.05) is 32.0 Å². The average molecular weight is 222 g/mol. The first kappa shape index (κ1) is 12.6. The molecule has 0 aliphatic carbocycles. The molecule has 1 aromatic carbocycles. The van der Waals surface area contributed by atoms with Crippen LogP contribution in [-0.4, -0.2) is 17.2 Å². The number of hydrogen-bond acceptors (Lipinski definition) is 2. The van der Waals surface area contributed by atoms with Crippen LogP contribution < -0.4 is 4.74 Å². The number of rotatable bonds is 6. The van der Waals surface area contributed by atoms with Crippen molar-refractivity contribution in [1.82, 2.24) is 0 Å². The highest BCUT2D eigenvalue weighted by atomic mass is 16.5. The van der Waals surface area contributed by atoms with Gasteiger partial charge < -0.3 is 9.84 Å². The van der Waals surface area contributed by atoms with Gasteiger partial charge in [0, 0.05) is 5.56 Å². The molecule has 0 bridgehead atoms. The lowest BCUT2D eigenvalue weighted by Gasteiger charge is -2.17. The molecular formula is C13H18O3. The van der Waals surface area contributed by atoms with Crippen LogP contribution >= 0.6 is 0 Å². The Bertz CT molecular complexity index is 343. The van der Waals surface area contributed by atoms with Crippen molar-refractivity contribution in [2.24, 2.45) is 0 Å². The zero-order chi connectivity index (χ0) is 12.0. The molecule has 0 radical (unpaired) electrons. The van der Waals surface area contributed by atoms with E-state index in [9.17, 15) is 4.79 Å². The second kappa shape index (κ2) is 6.16. The van der Waals surface area contributed by atoms with E-state index >= 15 is 0 Å². The van der Waals surface area contributed by atoms with E-state index in [0.717, 1.165) is 18.4 Å². The van der Waals surface area contributed by atoms with E-state index < -0.39 is 5.97 Å². The molecule has 0 unspecified atom stereocenters. The van der Waals surface area contributed by atoms with Gasteiger partial charge in [-0.25, -0.2) is 0 Å². The predicted molar refractivity (Wildman–Crippen MR) is 62.8 cm³/mol. The van der Waals surface area contributed by atoms with Crippen LogP contribution in [0.5, 0.6) is 5.75 Å². The summed E-state index contributed by atoms with van der Waals surface area (Å²) in [4.78, 5) is 10.7. The van der Waals surface area contributed by atoms with E-state index in [1.807, 2.05) is 18.2 Å². The molecule has 1 aromatic rings. The Kier molecular flexibility index (Phi) is 4.83. The molecule has 3 nitrogen and oxygen atoms in total. The quantitative estimate of drug-likeness (QED) is 0.805. The molecule has 0 saturated heterocycles. The molecule has 0 saturated carbocycles. The number of aliphatic carboxylic acids is 1. The molecule has 0 amide bonds. The molecule has 0 atom stereocenters. The Morgan fingerprint density at radius 1 is 1.31 bits per heavy atom. The molecule has 88 valence electrons. The number of ether oxygens (including phenoxy) is 1. The highest BCUT2D eigenvalue weighted by Gasteiger charge is 2.10. The minimum atomic E-state index is -0.833. The summed E-state index contributed by atoms with van der Waals surface area (Å²) in [5.74, 6) is -0.140. The van der Waals surface area contributed by atoms with Crippen molar-refractivity contribution in [3.63, 3.8) is 0 Å². The molecule has 0 fully saturated rings. The third-order valence-electron chi connectivity index (χ3n) is 2.52. The van der Waals surface area contributed by atoms with Gasteiger partial charge in [0.2, 0.25) is 0 Å². The Balaban J connectivity index is 2.81. The maximum absolute atomic E-state index is 10.7. The van der Waals surface area contributed by atoms with Crippen LogP contribution in [0.4, 0.5) is 0 Å². The third-order valence-corrected chi connectivity index (χ3v) is 2.52. The van der Waals surface area contributed by atoms with Gasteiger partial charge in [-0.15, -0.1) is 0 Å². The fourth-order valence-electron chi connectivity index (χ4n) is 1.56. The number of para-hydroxylation sites is 1. The molecule has 0 aliphatic rings. The summed E-state index contributed by atoms with van der Waals surface area (Å²) < 4.78 is 5.78. The lowest BCUT2D eigenvalue weighted by Crippen LogP contribution is -2.15. The molecular weight excluding hydrogens is 204 g/mol. The van der Waals surface area contributed by atoms with E-state index in [-0.39, 0.29) is 12.5 Å². The number of carboxylic acid groups (broad SMARTS) is 1. The Morgan fingerprint density at radius 3 is 2.50 bits per heavy atom. The van der Waals surface area contributed by atoms with Gasteiger partial charge in [0.15, 0.2) is 0 Å². The summed E-state index contributed by atoms with van der Waals surface area (Å²) in [5, 5.41) is 8.78. The zero-order valence-electron chi connectivity index (χ0n) is 9.77. The largest absolute Gasteiger partial charge is 0.490 e. The van der Waals surface area contributed by atoms with Gasteiger partial charge >= 0.3 is 5.97 Å². The smallest absolute Gasteiger partial charge is 0.307 e. The second-order valence-electron chi connectivity index (χ2n) is 3.73. The van der Waals surface area contributed by atoms with Crippen molar-refractivity contribution in [3.05, 3.63) is 29.8 Å². The standard InChI is InChI=1S/C13H18O3/c1-3-11(4-2)16-12-8-6-5-7-10(12)9-13(14)15/h5-8,11H,3-4,9H2,1-2H3,(H,14,15). The SMILES string of the molecule is CCC(CC)Oc1ccccc1CC(=O)O. The lowest BCUT2D eigenvalue weighted by atomic mass is 10.1. The van der Waals surface area contributed by atoms with Crippen molar-refractivity contribution >= 4 is 5.97 Å². The van der Waals surface area contributed by atoms with E-state index in [2.05, 4.69) is 13.8 Å². The third kappa shape index (κ3) is 3.57. The first-order chi connectivity index (χ1) is 7.67. The van der Waals surface area contributed by atoms with E-state index in [1.54, 1.807) is 6.07 Å². The summed E-state index contributed by atoms with van der Waals surface area (Å²) in [6.07, 6.45) is 2.03. The molecule has 3 heteroatoms. The van der Waals surface area contributed by atoms with Gasteiger partial charge in [0.1, 0.15) is 5.75 Å². The highest BCUT2D eigenvalue weighted by molar-refractivity contribution is 5.71. The van der Waals surface area contributed by atoms with Crippen LogP contribution in [0, 0.1) is 0 Å². The van der Waals surface area contributed by atoms with Crippen LogP contribution in [0.25, 0.3) is 0 Å². The van der Waals surface area contributed by atoms with Crippen LogP contribution in [0.1, 0.15) is 32.3 Å². The number of carboxylic acids is 1. The lowest BCUT2D eigenvalue weighted by molar-refractivity contribution is -0.136. The monoisotopic (exact) mass is 222 g/mol. The van der Waals surface area contributed by atoms with E-state index in [4.69, 9.17) is 9.84 Å². The summed E-state index contributed by atoms with van der Waals surface area (Å²) in [6.45, 7) is 4.13. The first-order valence-corrected chi connectivity index (χ1v) is 5.63. The normalized spacial score (nSPS) is 10.4. The number of carbonyl (C=O) groups is 1. The second-order valence-corrected chi connectivity index (χ2v) is 3.73. The summed E-state index contributed by atoms with van der Waals surface area (Å²) in [6, 6.07) is 7.32. The van der Waals surface area contributed by atoms with Gasteiger partial charge in [-0.05, 0) is 18.9 Å². The van der Waals surface area contributed by atoms with Crippen LogP contribution in [-0.2, 0) is 11.2 Å². The van der Waals surface area contributed by atoms with Crippen molar-refractivity contribution in [2.75, 3.05) is 0 Å². The molecule has 0 aliphatic heterocycles. The Hall–Kier alpha value is -1.51. The van der Waals surface area contributed by atoms with Crippen LogP contribution in [0.2, 0.25) is 0 Å². The molecule has 1 rings (SSSR count). The highest BCUT2D eigenvalue weighted by Crippen LogP contribution is 2.21. The molecule has 0 heterocycles. The predicted octanol–water partition coefficient (Wildman–Crippen LogP) is 2.88. The molecule has 16 heavy (non-hydrogen) atoms. The maximum atomic E-state index is 10.7. The van der Waals surface area contributed by atoms with Gasteiger partial charge in [-0.2, -0.15) is 0 Å². The topological polar surface area (TPSA) is 46.5 Å². The minimum Gasteiger partial charge on any atom is -0.490 e. The molecule has 1 N–H and O–H groups in total.